The first kappa shape index (κ1) is 57.5. The van der Waals surface area contributed by atoms with E-state index < -0.39 is 24.5 Å². The maximum Gasteiger partial charge on any atom is 0.405 e. The molecule has 3 N–H and O–H groups in total. The van der Waals surface area contributed by atoms with Crippen molar-refractivity contribution in [3.8, 4) is 40.7 Å². The number of benzene rings is 4. The van der Waals surface area contributed by atoms with Crippen molar-refractivity contribution in [2.75, 3.05) is 94.9 Å². The summed E-state index contributed by atoms with van der Waals surface area (Å²) in [7, 11) is 0. The molecule has 3 saturated heterocycles. The molecule has 0 saturated carbocycles. The fourth-order valence-electron chi connectivity index (χ4n) is 11.7. The summed E-state index contributed by atoms with van der Waals surface area (Å²) in [4.78, 5) is 62.9. The van der Waals surface area contributed by atoms with Gasteiger partial charge in [0, 0.05) is 106 Å². The number of aromatic nitrogens is 5. The van der Waals surface area contributed by atoms with E-state index in [9.17, 15) is 43.0 Å². The van der Waals surface area contributed by atoms with E-state index in [1.54, 1.807) is 12.1 Å². The number of piperazine rings is 2. The predicted octanol–water partition coefficient (Wildman–Crippen LogP) is 7.70. The number of rotatable bonds is 16. The van der Waals surface area contributed by atoms with E-state index in [0.717, 1.165) is 51.7 Å². The number of phenols is 2. The summed E-state index contributed by atoms with van der Waals surface area (Å²) in [6, 6.07) is 24.2. The molecule has 2 aromatic heterocycles. The molecule has 0 unspecified atom stereocenters. The largest absolute Gasteiger partial charge is 0.508 e. The highest BCUT2D eigenvalue weighted by Gasteiger charge is 2.36. The normalized spacial score (nSPS) is 17.5. The quantitative estimate of drug-likeness (QED) is 0.0848. The number of nitriles is 1. The third kappa shape index (κ3) is 12.7. The smallest absolute Gasteiger partial charge is 0.405 e. The lowest BCUT2D eigenvalue weighted by Crippen LogP contribution is -2.55. The average Bonchev–Trinajstić information content (AvgIpc) is 3.61. The van der Waals surface area contributed by atoms with Crippen molar-refractivity contribution in [2.24, 2.45) is 5.92 Å². The van der Waals surface area contributed by atoms with Crippen LogP contribution < -0.4 is 19.9 Å². The number of fused-ring (bicyclic) bond motifs is 2. The summed E-state index contributed by atoms with van der Waals surface area (Å²) in [5.41, 5.74) is 4.83. The Morgan fingerprint density at radius 2 is 1.62 bits per heavy atom. The van der Waals surface area contributed by atoms with E-state index in [0.29, 0.717) is 127 Å². The minimum Gasteiger partial charge on any atom is -0.508 e. The molecular formula is C59H67ClF3N13O6. The third-order valence-corrected chi connectivity index (χ3v) is 16.4. The Balaban J connectivity index is 0.743. The Hall–Kier alpha value is -7.74. The van der Waals surface area contributed by atoms with Crippen LogP contribution in [0.4, 0.5) is 24.7 Å². The summed E-state index contributed by atoms with van der Waals surface area (Å²) in [5.74, 6) is -1.33. The van der Waals surface area contributed by atoms with Crippen molar-refractivity contribution in [3.63, 3.8) is 0 Å². The number of aromatic hydroxyl groups is 2. The second kappa shape index (κ2) is 24.8. The Morgan fingerprint density at radius 3 is 2.33 bits per heavy atom. The second-order valence-electron chi connectivity index (χ2n) is 21.7. The van der Waals surface area contributed by atoms with Crippen LogP contribution in [-0.2, 0) is 29.1 Å². The van der Waals surface area contributed by atoms with Gasteiger partial charge in [-0.1, -0.05) is 68.8 Å². The van der Waals surface area contributed by atoms with Crippen molar-refractivity contribution in [1.82, 2.24) is 49.6 Å². The predicted molar refractivity (Wildman–Crippen MR) is 303 cm³/mol. The molecule has 4 aliphatic rings. The number of nitrogens with zero attached hydrogens (tertiary/aromatic N) is 12. The molecule has 0 spiro atoms. The molecule has 10 rings (SSSR count). The molecule has 4 aromatic carbocycles. The maximum absolute atomic E-state index is 13.9. The minimum absolute atomic E-state index is 0.00304. The van der Waals surface area contributed by atoms with Crippen LogP contribution >= 0.6 is 11.6 Å². The molecule has 0 aliphatic carbocycles. The molecular weight excluding hydrogens is 1080 g/mol. The van der Waals surface area contributed by atoms with Gasteiger partial charge >= 0.3 is 12.2 Å². The average molecular weight is 1150 g/mol. The Kier molecular flexibility index (Phi) is 17.4. The number of phenolic OH excluding ortho intramolecular Hbond substituents is 2. The number of alkyl halides is 3. The van der Waals surface area contributed by atoms with Gasteiger partial charge in [-0.2, -0.15) is 28.4 Å². The van der Waals surface area contributed by atoms with Gasteiger partial charge in [0.15, 0.2) is 5.82 Å². The van der Waals surface area contributed by atoms with Gasteiger partial charge in [-0.3, -0.25) is 28.8 Å². The molecule has 19 nitrogen and oxygen atoms in total. The third-order valence-electron chi connectivity index (χ3n) is 16.1. The number of likely N-dealkylation sites (tertiary alicyclic amines) is 1. The number of halogens is 4. The van der Waals surface area contributed by atoms with Crippen LogP contribution in [0.25, 0.3) is 27.8 Å². The molecule has 0 radical (unpaired) electrons. The monoisotopic (exact) mass is 1150 g/mol. The van der Waals surface area contributed by atoms with Gasteiger partial charge in [0.25, 0.3) is 5.91 Å². The summed E-state index contributed by atoms with van der Waals surface area (Å²) in [5, 5.41) is 43.8. The first-order valence-corrected chi connectivity index (χ1v) is 28.4. The lowest BCUT2D eigenvalue weighted by molar-refractivity contribution is -0.139. The zero-order valence-corrected chi connectivity index (χ0v) is 47.0. The minimum atomic E-state index is -4.67. The molecule has 23 heteroatoms. The molecule has 0 bridgehead atoms. The summed E-state index contributed by atoms with van der Waals surface area (Å²) < 4.78 is 47.1. The number of ether oxygens (including phenoxy) is 1. The van der Waals surface area contributed by atoms with Gasteiger partial charge in [-0.25, -0.2) is 0 Å². The van der Waals surface area contributed by atoms with Crippen molar-refractivity contribution in [1.29, 1.82) is 5.26 Å². The number of carbonyl (C=O) groups is 3. The van der Waals surface area contributed by atoms with E-state index in [-0.39, 0.29) is 65.0 Å². The van der Waals surface area contributed by atoms with E-state index in [4.69, 9.17) is 26.3 Å². The van der Waals surface area contributed by atoms with Crippen molar-refractivity contribution in [2.45, 2.75) is 84.1 Å². The van der Waals surface area contributed by atoms with Crippen LogP contribution in [0.5, 0.6) is 17.5 Å². The number of nitrogens with one attached hydrogen (secondary N) is 1. The van der Waals surface area contributed by atoms with Gasteiger partial charge in [0.2, 0.25) is 17.6 Å². The molecule has 4 aliphatic heterocycles. The number of hydrogen-bond acceptors (Lipinski definition) is 15. The Bertz CT molecular complexity index is 3350. The molecule has 432 valence electrons. The van der Waals surface area contributed by atoms with E-state index in [1.165, 1.54) is 10.6 Å². The van der Waals surface area contributed by atoms with Crippen LogP contribution in [0.2, 0.25) is 5.02 Å². The van der Waals surface area contributed by atoms with E-state index in [2.05, 4.69) is 54.1 Å². The fourth-order valence-corrected chi connectivity index (χ4v) is 12.0. The number of amides is 3. The van der Waals surface area contributed by atoms with Gasteiger partial charge in [0.1, 0.15) is 30.5 Å². The topological polar surface area (TPSA) is 213 Å². The fraction of sp³-hybridized carbons (Fsp3) is 0.458. The highest BCUT2D eigenvalue weighted by atomic mass is 35.5. The SMILES string of the molecule is CCC(=O)N1CCN(c2nc(OCCN3CCN(C(=O)C4CCN(Cc5ccc(-n6c(C(=O)NCC(F)(F)F)nnc6-c6cc(C(C)C)c(O)cc6O)cc5)CC4)CC3)nc3c2CCN(c2cccc4cccc(Cl)c24)C3)C[C@@H]1CC#N. The van der Waals surface area contributed by atoms with Crippen LogP contribution in [-0.4, -0.2) is 170 Å². The van der Waals surface area contributed by atoms with Gasteiger partial charge in [-0.05, 0) is 85.1 Å². The number of hydrogen-bond donors (Lipinski definition) is 3. The van der Waals surface area contributed by atoms with Crippen molar-refractivity contribution >= 4 is 51.6 Å². The number of carbonyl (C=O) groups excluding carboxylic acids is 3. The lowest BCUT2D eigenvalue weighted by Gasteiger charge is -2.42. The van der Waals surface area contributed by atoms with Gasteiger partial charge in [-0.15, -0.1) is 10.2 Å². The molecule has 82 heavy (non-hydrogen) atoms. The van der Waals surface area contributed by atoms with Crippen LogP contribution in [0.1, 0.15) is 85.4 Å². The number of piperidine rings is 1. The molecule has 3 fully saturated rings. The van der Waals surface area contributed by atoms with Crippen LogP contribution in [0.3, 0.4) is 0 Å². The molecule has 1 atom stereocenters. The zero-order valence-electron chi connectivity index (χ0n) is 46.2. The lowest BCUT2D eigenvalue weighted by atomic mass is 9.94. The molecule has 3 amide bonds. The van der Waals surface area contributed by atoms with Gasteiger partial charge in [0.05, 0.1) is 41.4 Å². The Morgan fingerprint density at radius 1 is 0.878 bits per heavy atom. The number of anilines is 2. The summed E-state index contributed by atoms with van der Waals surface area (Å²) in [6.07, 6.45) is -2.00. The highest BCUT2D eigenvalue weighted by molar-refractivity contribution is 6.36. The van der Waals surface area contributed by atoms with Gasteiger partial charge < -0.3 is 39.9 Å². The standard InChI is InChI=1S/C59H67ClF3N13O6/c1-4-51(79)75-28-27-74(34-42(75)15-19-64)53-43-18-22-73(48-10-6-8-39-7-5-9-46(60)52(39)48)35-47(43)66-58(67-53)82-30-29-70-23-25-72(26-24-70)57(81)40-16-20-71(21-17-40)33-38-11-13-41(14-12-38)76-54(45-31-44(37(2)3)49(77)32-50(45)78)68-69-55(76)56(80)65-36-59(61,62)63/h5-14,31-32,37,40,42,77-78H,4,15-18,20-30,33-36H2,1-3H3,(H,65,80)/t42-/m0/s1. The first-order chi connectivity index (χ1) is 39.5. The molecule has 6 aromatic rings. The van der Waals surface area contributed by atoms with Crippen LogP contribution in [0, 0.1) is 17.2 Å². The first-order valence-electron chi connectivity index (χ1n) is 28.0. The highest BCUT2D eigenvalue weighted by Crippen LogP contribution is 2.40. The van der Waals surface area contributed by atoms with Crippen LogP contribution in [0.15, 0.2) is 72.8 Å². The summed E-state index contributed by atoms with van der Waals surface area (Å²) in [6.45, 7) is 12.2. The van der Waals surface area contributed by atoms with E-state index >= 15 is 0 Å². The Labute approximate surface area is 478 Å². The summed E-state index contributed by atoms with van der Waals surface area (Å²) >= 11 is 6.80. The maximum atomic E-state index is 13.9. The van der Waals surface area contributed by atoms with E-state index in [1.807, 2.05) is 66.2 Å². The van der Waals surface area contributed by atoms with Crippen molar-refractivity contribution in [3.05, 3.63) is 106 Å². The van der Waals surface area contributed by atoms with Crippen molar-refractivity contribution < 1.29 is 42.5 Å². The second-order valence-corrected chi connectivity index (χ2v) is 22.1. The zero-order chi connectivity index (χ0) is 57.8. The molecule has 6 heterocycles.